The van der Waals surface area contributed by atoms with Crippen LogP contribution in [0.5, 0.6) is 0 Å². The molecule has 0 aromatic carbocycles. The van der Waals surface area contributed by atoms with E-state index in [-0.39, 0.29) is 42.4 Å². The number of aliphatic carboxylic acids is 1. The highest BCUT2D eigenvalue weighted by molar-refractivity contribution is 5.98. The Morgan fingerprint density at radius 1 is 0.694 bits per heavy atom. The number of carboxylic acids is 1. The highest BCUT2D eigenvalue weighted by Gasteiger charge is 2.71. The van der Waals surface area contributed by atoms with Crippen LogP contribution in [0, 0.1) is 56.7 Å². The fraction of sp³-hybridized carbons (Fsp3) is 0.830. The second kappa shape index (κ2) is 23.3. The lowest BCUT2D eigenvalue weighted by Crippen LogP contribution is -2.69. The standard InChI is InChI=1S/C53H89N7O12/c1-28-16-19-49(5)22-23-51(7)32(39(49)29(28)2)26-36(64)42-50(6)20-18-38(65)53(9,37(50)17-21-52(42,51)8)48(72)58-34(15-11-13-25-55)44(67)59-41(31(4)63)46(69)60-40(30(3)62)45(68)56-33(14-10-12-24-54)43(66)57-35(27-61)47(70)71/h26,28-31,33-35,37-42,61-63,65H,10-25,27,54-55H2,1-9H3,(H,56,68)(H,57,66)(H,58,72)(H,59,67)(H,60,69)(H,70,71)/t28-,29+,30-,31-,33+,34+,35+,37?,38-,39?,40+,41+,42?,49-,50+,51-,52-,53-/m1/s1. The van der Waals surface area contributed by atoms with Crippen LogP contribution in [0.3, 0.4) is 0 Å². The zero-order valence-electron chi connectivity index (χ0n) is 44.4. The molecule has 5 amide bonds. The number of allylic oxidation sites excluding steroid dienone is 2. The number of fused-ring (bicyclic) bond motifs is 7. The fourth-order valence-electron chi connectivity index (χ4n) is 14.5. The van der Waals surface area contributed by atoms with E-state index >= 15 is 9.59 Å². The molecule has 5 rings (SSSR count). The number of amides is 5. The molecule has 0 aliphatic heterocycles. The smallest absolute Gasteiger partial charge is 0.328 e. The highest BCUT2D eigenvalue weighted by atomic mass is 16.4. The number of carbonyl (C=O) groups is 7. The lowest BCUT2D eigenvalue weighted by atomic mass is 9.33. The molecule has 0 radical (unpaired) electrons. The number of carbonyl (C=O) groups excluding carboxylic acids is 6. The van der Waals surface area contributed by atoms with Crippen LogP contribution >= 0.6 is 0 Å². The molecule has 14 N–H and O–H groups in total. The topological polar surface area (TPSA) is 333 Å². The largest absolute Gasteiger partial charge is 0.480 e. The first-order chi connectivity index (χ1) is 33.6. The van der Waals surface area contributed by atoms with E-state index in [0.29, 0.717) is 69.2 Å². The van der Waals surface area contributed by atoms with E-state index in [0.717, 1.165) is 19.3 Å². The monoisotopic (exact) mass is 1020 g/mol. The lowest BCUT2D eigenvalue weighted by Gasteiger charge is -2.70. The van der Waals surface area contributed by atoms with Gasteiger partial charge in [-0.3, -0.25) is 28.8 Å². The van der Waals surface area contributed by atoms with E-state index in [4.69, 9.17) is 11.5 Å². The number of unbranched alkanes of at least 4 members (excludes halogenated alkanes) is 2. The van der Waals surface area contributed by atoms with Gasteiger partial charge in [-0.1, -0.05) is 47.1 Å². The van der Waals surface area contributed by atoms with Crippen LogP contribution in [0.1, 0.15) is 152 Å². The quantitative estimate of drug-likeness (QED) is 0.0688. The van der Waals surface area contributed by atoms with Gasteiger partial charge in [-0.05, 0) is 175 Å². The summed E-state index contributed by atoms with van der Waals surface area (Å²) in [7, 11) is 0. The van der Waals surface area contributed by atoms with Crippen LogP contribution in [0.15, 0.2) is 11.6 Å². The summed E-state index contributed by atoms with van der Waals surface area (Å²) >= 11 is 0. The van der Waals surface area contributed by atoms with Crippen molar-refractivity contribution in [3.63, 3.8) is 0 Å². The number of nitrogens with one attached hydrogen (secondary N) is 5. The minimum absolute atomic E-state index is 0.0127. The number of aliphatic hydroxyl groups excluding tert-OH is 4. The molecule has 4 fully saturated rings. The minimum Gasteiger partial charge on any atom is -0.480 e. The van der Waals surface area contributed by atoms with E-state index in [1.807, 2.05) is 6.08 Å². The first-order valence-corrected chi connectivity index (χ1v) is 26.7. The molecule has 0 aromatic heterocycles. The van der Waals surface area contributed by atoms with Gasteiger partial charge in [-0.2, -0.15) is 0 Å². The Bertz CT molecular complexity index is 2050. The van der Waals surface area contributed by atoms with Gasteiger partial charge in [0.05, 0.1) is 30.3 Å². The van der Waals surface area contributed by atoms with E-state index < -0.39 is 119 Å². The van der Waals surface area contributed by atoms with Crippen molar-refractivity contribution >= 4 is 41.3 Å². The van der Waals surface area contributed by atoms with Crippen molar-refractivity contribution in [2.75, 3.05) is 19.7 Å². The van der Waals surface area contributed by atoms with Gasteiger partial charge >= 0.3 is 5.97 Å². The Morgan fingerprint density at radius 2 is 1.22 bits per heavy atom. The van der Waals surface area contributed by atoms with Crippen molar-refractivity contribution in [2.24, 2.45) is 68.1 Å². The Labute approximate surface area is 426 Å². The average Bonchev–Trinajstić information content (AvgIpc) is 3.31. The zero-order valence-corrected chi connectivity index (χ0v) is 44.4. The molecule has 19 heteroatoms. The molecule has 0 bridgehead atoms. The number of ketones is 1. The van der Waals surface area contributed by atoms with Gasteiger partial charge in [0.2, 0.25) is 29.5 Å². The van der Waals surface area contributed by atoms with Gasteiger partial charge in [-0.25, -0.2) is 4.79 Å². The molecule has 0 spiro atoms. The Kier molecular flexibility index (Phi) is 19.0. The van der Waals surface area contributed by atoms with Crippen molar-refractivity contribution in [3.05, 3.63) is 11.6 Å². The fourth-order valence-corrected chi connectivity index (χ4v) is 14.5. The van der Waals surface area contributed by atoms with Crippen LogP contribution in [0.25, 0.3) is 0 Å². The second-order valence-electron chi connectivity index (χ2n) is 23.8. The molecular formula is C53H89N7O12. The molecule has 72 heavy (non-hydrogen) atoms. The molecule has 18 atom stereocenters. The molecule has 5 aliphatic rings. The number of aliphatic hydroxyl groups is 4. The Balaban J connectivity index is 1.37. The molecule has 5 aliphatic carbocycles. The summed E-state index contributed by atoms with van der Waals surface area (Å²) < 4.78 is 0. The summed E-state index contributed by atoms with van der Waals surface area (Å²) in [6.45, 7) is 17.7. The van der Waals surface area contributed by atoms with Crippen molar-refractivity contribution < 1.29 is 59.1 Å². The van der Waals surface area contributed by atoms with Crippen molar-refractivity contribution in [3.8, 4) is 0 Å². The molecule has 4 saturated carbocycles. The van der Waals surface area contributed by atoms with Gasteiger partial charge in [0, 0.05) is 5.92 Å². The SMILES string of the molecule is C[C@@H]1CC[C@]2(C)CC[C@]3(C)C(=CC(=O)C4[C@@]5(C)CC[C@@H](O)[C@](C)(C(=O)N[C@@H](CCCCN)C(=O)N[C@H](C(=O)N[C@H](C(=O)N[C@@H](CCCCN)C(=O)N[C@@H](CO)C(=O)O)[C@@H](C)O)[C@@H](C)O)C5CC[C@]43C)C2[C@H]1C. The molecular weight excluding hydrogens is 927 g/mol. The third-order valence-corrected chi connectivity index (χ3v) is 19.3. The summed E-state index contributed by atoms with van der Waals surface area (Å²) in [5.41, 5.74) is 10.1. The van der Waals surface area contributed by atoms with E-state index in [1.54, 1.807) is 6.92 Å². The third-order valence-electron chi connectivity index (χ3n) is 19.3. The third kappa shape index (κ3) is 11.2. The molecule has 0 aromatic rings. The number of carboxylic acid groups (broad SMARTS) is 1. The van der Waals surface area contributed by atoms with Crippen molar-refractivity contribution in [2.45, 2.75) is 201 Å². The Hall–Kier alpha value is -4.01. The van der Waals surface area contributed by atoms with Crippen molar-refractivity contribution in [1.29, 1.82) is 0 Å². The Morgan fingerprint density at radius 3 is 1.76 bits per heavy atom. The molecule has 0 saturated heterocycles. The molecule has 408 valence electrons. The first-order valence-electron chi connectivity index (χ1n) is 26.7. The van der Waals surface area contributed by atoms with Crippen LogP contribution < -0.4 is 38.1 Å². The normalized spacial score (nSPS) is 35.9. The van der Waals surface area contributed by atoms with Gasteiger partial charge in [0.15, 0.2) is 5.78 Å². The molecule has 3 unspecified atom stereocenters. The number of hydrogen-bond donors (Lipinski definition) is 12. The summed E-state index contributed by atoms with van der Waals surface area (Å²) in [6.07, 6.45) is 5.87. The maximum absolute atomic E-state index is 15.1. The summed E-state index contributed by atoms with van der Waals surface area (Å²) in [6, 6.07) is -7.79. The summed E-state index contributed by atoms with van der Waals surface area (Å²) in [4.78, 5) is 96.7. The highest BCUT2D eigenvalue weighted by Crippen LogP contribution is 2.75. The van der Waals surface area contributed by atoms with Crippen LogP contribution in [0.2, 0.25) is 0 Å². The maximum Gasteiger partial charge on any atom is 0.328 e. The number of hydrogen-bond acceptors (Lipinski definition) is 13. The minimum atomic E-state index is -1.74. The van der Waals surface area contributed by atoms with Crippen molar-refractivity contribution in [1.82, 2.24) is 26.6 Å². The van der Waals surface area contributed by atoms with Gasteiger partial charge < -0.3 is 63.6 Å². The first kappa shape index (κ1) is 58.9. The van der Waals surface area contributed by atoms with Gasteiger partial charge in [0.1, 0.15) is 30.2 Å². The average molecular weight is 1020 g/mol. The maximum atomic E-state index is 15.1. The van der Waals surface area contributed by atoms with Crippen LogP contribution in [0.4, 0.5) is 0 Å². The second-order valence-corrected chi connectivity index (χ2v) is 23.8. The zero-order chi connectivity index (χ0) is 53.9. The van der Waals surface area contributed by atoms with E-state index in [9.17, 15) is 49.5 Å². The lowest BCUT2D eigenvalue weighted by molar-refractivity contribution is -0.208. The van der Waals surface area contributed by atoms with Crippen LogP contribution in [-0.4, -0.2) is 135 Å². The van der Waals surface area contributed by atoms with E-state index in [2.05, 4.69) is 68.1 Å². The number of rotatable bonds is 22. The number of nitrogens with two attached hydrogens (primary N) is 2. The summed E-state index contributed by atoms with van der Waals surface area (Å²) in [5, 5.41) is 64.8. The summed E-state index contributed by atoms with van der Waals surface area (Å²) in [5.74, 6) is -5.47. The van der Waals surface area contributed by atoms with E-state index in [1.165, 1.54) is 25.8 Å². The molecule has 0 heterocycles. The predicted molar refractivity (Wildman–Crippen MR) is 269 cm³/mol. The molecule has 19 nitrogen and oxygen atoms in total. The predicted octanol–water partition coefficient (Wildman–Crippen LogP) is 1.70. The van der Waals surface area contributed by atoms with Gasteiger partial charge in [-0.15, -0.1) is 0 Å². The van der Waals surface area contributed by atoms with Gasteiger partial charge in [0.25, 0.3) is 0 Å². The van der Waals surface area contributed by atoms with Crippen LogP contribution in [-0.2, 0) is 33.6 Å².